The van der Waals surface area contributed by atoms with Crippen LogP contribution in [0.5, 0.6) is 5.75 Å². The van der Waals surface area contributed by atoms with Crippen molar-refractivity contribution in [2.75, 3.05) is 6.61 Å². The Hall–Kier alpha value is -2.91. The molecule has 1 aromatic carbocycles. The van der Waals surface area contributed by atoms with Crippen LogP contribution in [-0.4, -0.2) is 34.3 Å². The molecular weight excluding hydrogens is 343 g/mol. The lowest BCUT2D eigenvalue weighted by atomic mass is 10.1. The highest BCUT2D eigenvalue weighted by molar-refractivity contribution is 6.39. The molecule has 2 aromatic rings. The van der Waals surface area contributed by atoms with E-state index in [9.17, 15) is 18.0 Å². The van der Waals surface area contributed by atoms with Gasteiger partial charge in [-0.3, -0.25) is 4.79 Å². The number of hydrogen-bond donors (Lipinski definition) is 0. The summed E-state index contributed by atoms with van der Waals surface area (Å²) in [6.07, 6.45) is -4.76. The molecule has 1 aromatic heterocycles. The molecule has 1 aliphatic heterocycles. The topological polar surface area (TPSA) is 86.8 Å². The largest absolute Gasteiger partial charge is 0.490 e. The fraction of sp³-hybridized carbons (Fsp3) is 0.333. The first-order valence-electron chi connectivity index (χ1n) is 7.20. The number of halogens is 3. The van der Waals surface area contributed by atoms with Gasteiger partial charge in [0.2, 0.25) is 5.82 Å². The summed E-state index contributed by atoms with van der Waals surface area (Å²) in [5.74, 6) is -1.39. The zero-order valence-electron chi connectivity index (χ0n) is 12.9. The first-order valence-corrected chi connectivity index (χ1v) is 7.20. The van der Waals surface area contributed by atoms with E-state index in [1.165, 1.54) is 19.1 Å². The molecule has 0 amide bonds. The quantitative estimate of drug-likeness (QED) is 0.820. The second-order valence-electron chi connectivity index (χ2n) is 5.29. The van der Waals surface area contributed by atoms with Gasteiger partial charge in [0.15, 0.2) is 11.9 Å². The van der Waals surface area contributed by atoms with Crippen LogP contribution < -0.4 is 4.74 Å². The Labute approximate surface area is 139 Å². The molecule has 3 rings (SSSR count). The Morgan fingerprint density at radius 1 is 1.40 bits per heavy atom. The predicted octanol–water partition coefficient (Wildman–Crippen LogP) is 2.87. The summed E-state index contributed by atoms with van der Waals surface area (Å²) in [6.45, 7) is 1.53. The van der Waals surface area contributed by atoms with Crippen molar-refractivity contribution >= 4 is 11.5 Å². The van der Waals surface area contributed by atoms with E-state index < -0.39 is 18.2 Å². The molecule has 0 N–H and O–H groups in total. The number of carbonyl (C=O) groups excluding carboxylic acids is 1. The van der Waals surface area contributed by atoms with Gasteiger partial charge in [-0.05, 0) is 12.1 Å². The fourth-order valence-electron chi connectivity index (χ4n) is 2.10. The molecular formula is C15H12F3N3O4. The minimum absolute atomic E-state index is 0.129. The van der Waals surface area contributed by atoms with Crippen molar-refractivity contribution in [2.24, 2.45) is 5.16 Å². The molecule has 7 nitrogen and oxygen atoms in total. The van der Waals surface area contributed by atoms with Crippen LogP contribution in [0.4, 0.5) is 13.2 Å². The highest BCUT2D eigenvalue weighted by Crippen LogP contribution is 2.30. The van der Waals surface area contributed by atoms with Gasteiger partial charge in [0, 0.05) is 18.9 Å². The van der Waals surface area contributed by atoms with Gasteiger partial charge in [0.1, 0.15) is 18.1 Å². The Balaban J connectivity index is 1.64. The third kappa shape index (κ3) is 3.95. The maximum absolute atomic E-state index is 12.5. The van der Waals surface area contributed by atoms with Crippen LogP contribution in [0.15, 0.2) is 33.9 Å². The van der Waals surface area contributed by atoms with Crippen LogP contribution in [0.25, 0.3) is 11.4 Å². The van der Waals surface area contributed by atoms with E-state index >= 15 is 0 Å². The Morgan fingerprint density at radius 2 is 2.20 bits per heavy atom. The van der Waals surface area contributed by atoms with Crippen molar-refractivity contribution in [1.82, 2.24) is 10.1 Å². The second-order valence-corrected chi connectivity index (χ2v) is 5.29. The van der Waals surface area contributed by atoms with Gasteiger partial charge in [-0.15, -0.1) is 0 Å². The average molecular weight is 355 g/mol. The minimum Gasteiger partial charge on any atom is -0.490 e. The van der Waals surface area contributed by atoms with Crippen LogP contribution in [0.1, 0.15) is 19.2 Å². The van der Waals surface area contributed by atoms with Gasteiger partial charge in [-0.25, -0.2) is 0 Å². The van der Waals surface area contributed by atoms with Crippen LogP contribution in [0.2, 0.25) is 0 Å². The number of benzene rings is 1. The van der Waals surface area contributed by atoms with E-state index in [1.54, 1.807) is 12.1 Å². The first-order chi connectivity index (χ1) is 11.8. The van der Waals surface area contributed by atoms with E-state index in [-0.39, 0.29) is 18.2 Å². The highest BCUT2D eigenvalue weighted by atomic mass is 19.4. The lowest BCUT2D eigenvalue weighted by Gasteiger charge is -2.10. The molecule has 0 saturated carbocycles. The molecule has 1 unspecified atom stereocenters. The molecule has 0 saturated heterocycles. The standard InChI is InChI=1S/C15H12F3N3O4/c1-8(22)12-6-11(24-20-12)7-23-10-4-2-3-9(5-10)13-19-14(25-21-13)15(16,17)18/h2-5,11H,6-7H2,1H3. The van der Waals surface area contributed by atoms with Gasteiger partial charge in [0.05, 0.1) is 0 Å². The average Bonchev–Trinajstić information content (AvgIpc) is 3.22. The molecule has 0 radical (unpaired) electrons. The Morgan fingerprint density at radius 3 is 2.84 bits per heavy atom. The van der Waals surface area contributed by atoms with Crippen molar-refractivity contribution in [3.63, 3.8) is 0 Å². The zero-order valence-corrected chi connectivity index (χ0v) is 12.9. The lowest BCUT2D eigenvalue weighted by Crippen LogP contribution is -2.19. The summed E-state index contributed by atoms with van der Waals surface area (Å²) in [6, 6.07) is 6.21. The molecule has 0 bridgehead atoms. The van der Waals surface area contributed by atoms with E-state index in [2.05, 4.69) is 19.8 Å². The summed E-state index contributed by atoms with van der Waals surface area (Å²) >= 11 is 0. The number of ketones is 1. The zero-order chi connectivity index (χ0) is 18.0. The number of carbonyl (C=O) groups is 1. The number of Topliss-reactive ketones (excluding diaryl/α,β-unsaturated/α-hetero) is 1. The second kappa shape index (κ2) is 6.54. The highest BCUT2D eigenvalue weighted by Gasteiger charge is 2.38. The van der Waals surface area contributed by atoms with Gasteiger partial charge in [0.25, 0.3) is 0 Å². The number of rotatable bonds is 5. The number of oxime groups is 1. The molecule has 10 heteroatoms. The van der Waals surface area contributed by atoms with Crippen LogP contribution >= 0.6 is 0 Å². The molecule has 0 fully saturated rings. The molecule has 25 heavy (non-hydrogen) atoms. The summed E-state index contributed by atoms with van der Waals surface area (Å²) < 4.78 is 47.3. The van der Waals surface area contributed by atoms with E-state index in [1.807, 2.05) is 0 Å². The van der Waals surface area contributed by atoms with Gasteiger partial charge < -0.3 is 14.1 Å². The molecule has 132 valence electrons. The summed E-state index contributed by atoms with van der Waals surface area (Å²) in [5, 5.41) is 6.99. The molecule has 0 aliphatic carbocycles. The van der Waals surface area contributed by atoms with Gasteiger partial charge >= 0.3 is 12.1 Å². The SMILES string of the molecule is CC(=O)C1=NOC(COc2cccc(-c3noc(C(F)(F)F)n3)c2)C1. The fourth-order valence-corrected chi connectivity index (χ4v) is 2.10. The molecule has 1 aliphatic rings. The van der Waals surface area contributed by atoms with Gasteiger partial charge in [-0.2, -0.15) is 18.2 Å². The monoisotopic (exact) mass is 355 g/mol. The summed E-state index contributed by atoms with van der Waals surface area (Å²) in [4.78, 5) is 19.6. The van der Waals surface area contributed by atoms with Crippen molar-refractivity contribution in [1.29, 1.82) is 0 Å². The van der Waals surface area contributed by atoms with Crippen molar-refractivity contribution < 1.29 is 32.1 Å². The number of ether oxygens (including phenoxy) is 1. The predicted molar refractivity (Wildman–Crippen MR) is 77.8 cm³/mol. The maximum Gasteiger partial charge on any atom is 0.471 e. The summed E-state index contributed by atoms with van der Waals surface area (Å²) in [5.41, 5.74) is 0.651. The van der Waals surface area contributed by atoms with Crippen molar-refractivity contribution in [3.05, 3.63) is 30.2 Å². The number of aromatic nitrogens is 2. The number of alkyl halides is 3. The number of nitrogens with zero attached hydrogens (tertiary/aromatic N) is 3. The molecule has 1 atom stereocenters. The maximum atomic E-state index is 12.5. The van der Waals surface area contributed by atoms with Crippen LogP contribution in [-0.2, 0) is 15.8 Å². The molecule has 2 heterocycles. The smallest absolute Gasteiger partial charge is 0.471 e. The third-order valence-corrected chi connectivity index (χ3v) is 3.34. The first kappa shape index (κ1) is 16.9. The third-order valence-electron chi connectivity index (χ3n) is 3.34. The summed E-state index contributed by atoms with van der Waals surface area (Å²) in [7, 11) is 0. The number of hydrogen-bond acceptors (Lipinski definition) is 7. The van der Waals surface area contributed by atoms with Crippen LogP contribution in [0.3, 0.4) is 0 Å². The normalized spacial score (nSPS) is 17.1. The Bertz CT molecular complexity index is 816. The van der Waals surface area contributed by atoms with Crippen molar-refractivity contribution in [2.45, 2.75) is 25.6 Å². The Kier molecular flexibility index (Phi) is 4.43. The molecule has 0 spiro atoms. The minimum atomic E-state index is -4.70. The van der Waals surface area contributed by atoms with Gasteiger partial charge in [-0.1, -0.05) is 22.4 Å². The van der Waals surface area contributed by atoms with Crippen molar-refractivity contribution in [3.8, 4) is 17.1 Å². The van der Waals surface area contributed by atoms with E-state index in [0.29, 0.717) is 23.4 Å². The van der Waals surface area contributed by atoms with E-state index in [4.69, 9.17) is 9.57 Å². The van der Waals surface area contributed by atoms with Crippen LogP contribution in [0, 0.1) is 0 Å². The lowest BCUT2D eigenvalue weighted by molar-refractivity contribution is -0.159. The van der Waals surface area contributed by atoms with E-state index in [0.717, 1.165) is 0 Å².